The minimum atomic E-state index is -4.63. The molecule has 0 unspecified atom stereocenters. The fraction of sp³-hybridized carbons (Fsp3) is 0.100. The Morgan fingerprint density at radius 3 is 2.28 bits per heavy atom. The number of benzene rings is 2. The van der Waals surface area contributed by atoms with E-state index in [0.29, 0.717) is 11.8 Å². The van der Waals surface area contributed by atoms with Crippen LogP contribution in [0.4, 0.5) is 18.9 Å². The summed E-state index contributed by atoms with van der Waals surface area (Å²) >= 11 is 5.88. The lowest BCUT2D eigenvalue weighted by molar-refractivity contribution is -0.137. The van der Waals surface area contributed by atoms with E-state index in [1.54, 1.807) is 0 Å². The summed E-state index contributed by atoms with van der Waals surface area (Å²) in [6, 6.07) is 8.31. The van der Waals surface area contributed by atoms with Crippen LogP contribution in [0.25, 0.3) is 5.69 Å². The number of nitrogens with zero attached hydrogens (tertiary/aromatic N) is 2. The number of imidazole rings is 1. The first-order valence-electron chi connectivity index (χ1n) is 8.90. The molecule has 3 rings (SSSR count). The Morgan fingerprint density at radius 1 is 1.06 bits per heavy atom. The first-order chi connectivity index (χ1) is 15.0. The Kier molecular flexibility index (Phi) is 6.21. The molecule has 0 atom stereocenters. The van der Waals surface area contributed by atoms with Gasteiger partial charge in [0.1, 0.15) is 12.0 Å². The van der Waals surface area contributed by atoms with Gasteiger partial charge < -0.3 is 16.4 Å². The van der Waals surface area contributed by atoms with Gasteiger partial charge in [0.05, 0.1) is 16.1 Å². The molecule has 1 heterocycles. The van der Waals surface area contributed by atoms with Gasteiger partial charge in [-0.15, -0.1) is 0 Å². The molecule has 12 heteroatoms. The summed E-state index contributed by atoms with van der Waals surface area (Å²) in [6.45, 7) is 0. The van der Waals surface area contributed by atoms with Crippen LogP contribution in [0.5, 0.6) is 0 Å². The zero-order valence-electron chi connectivity index (χ0n) is 16.3. The van der Waals surface area contributed by atoms with E-state index in [4.69, 9.17) is 17.3 Å². The van der Waals surface area contributed by atoms with Gasteiger partial charge in [0, 0.05) is 18.4 Å². The highest BCUT2D eigenvalue weighted by atomic mass is 35.5. The van der Waals surface area contributed by atoms with Gasteiger partial charge in [-0.1, -0.05) is 11.6 Å². The molecule has 32 heavy (non-hydrogen) atoms. The van der Waals surface area contributed by atoms with Crippen LogP contribution in [0.3, 0.4) is 0 Å². The SMILES string of the molecule is CNC(=O)c1ncn(-c2ccc(NC(=O)c3cc(C(F)(F)F)ccc3Cl)cc2)c1C(N)=O. The molecule has 0 bridgehead atoms. The number of anilines is 1. The van der Waals surface area contributed by atoms with Crippen LogP contribution < -0.4 is 16.4 Å². The zero-order chi connectivity index (χ0) is 23.6. The largest absolute Gasteiger partial charge is 0.416 e. The highest BCUT2D eigenvalue weighted by Crippen LogP contribution is 2.32. The maximum absolute atomic E-state index is 12.9. The topological polar surface area (TPSA) is 119 Å². The Balaban J connectivity index is 1.87. The lowest BCUT2D eigenvalue weighted by Crippen LogP contribution is -2.25. The first kappa shape index (κ1) is 22.8. The summed E-state index contributed by atoms with van der Waals surface area (Å²) in [5.74, 6) is -2.31. The second-order valence-electron chi connectivity index (χ2n) is 6.45. The smallest absolute Gasteiger partial charge is 0.364 e. The van der Waals surface area contributed by atoms with Crippen molar-refractivity contribution in [3.8, 4) is 5.69 Å². The molecule has 3 aromatic rings. The predicted molar refractivity (Wildman–Crippen MR) is 110 cm³/mol. The van der Waals surface area contributed by atoms with E-state index < -0.39 is 29.5 Å². The molecule has 166 valence electrons. The number of carbonyl (C=O) groups is 3. The minimum Gasteiger partial charge on any atom is -0.364 e. The molecule has 8 nitrogen and oxygen atoms in total. The summed E-state index contributed by atoms with van der Waals surface area (Å²) in [6.07, 6.45) is -3.39. The van der Waals surface area contributed by atoms with Crippen molar-refractivity contribution in [2.24, 2.45) is 5.73 Å². The number of nitrogens with one attached hydrogen (secondary N) is 2. The predicted octanol–water partition coefficient (Wildman–Crippen LogP) is 3.26. The standard InChI is InChI=1S/C20H15ClF3N5O3/c1-26-19(32)15-16(17(25)30)29(9-27-15)12-5-3-11(4-6-12)28-18(31)13-8-10(20(22,23)24)2-7-14(13)21/h2-9H,1H3,(H2,25,30)(H,26,32)(H,28,31). The molecule has 0 saturated carbocycles. The van der Waals surface area contributed by atoms with Crippen LogP contribution in [0.1, 0.15) is 36.9 Å². The Bertz CT molecular complexity index is 1210. The van der Waals surface area contributed by atoms with Gasteiger partial charge in [-0.25, -0.2) is 4.98 Å². The van der Waals surface area contributed by atoms with Gasteiger partial charge >= 0.3 is 6.18 Å². The highest BCUT2D eigenvalue weighted by molar-refractivity contribution is 6.34. The number of amides is 3. The quantitative estimate of drug-likeness (QED) is 0.535. The van der Waals surface area contributed by atoms with Gasteiger partial charge in [0.15, 0.2) is 5.69 Å². The first-order valence-corrected chi connectivity index (χ1v) is 9.28. The van der Waals surface area contributed by atoms with Crippen molar-refractivity contribution in [3.63, 3.8) is 0 Å². The van der Waals surface area contributed by atoms with Gasteiger partial charge in [0.2, 0.25) is 0 Å². The number of hydrogen-bond acceptors (Lipinski definition) is 4. The molecular formula is C20H15ClF3N5O3. The van der Waals surface area contributed by atoms with Crippen molar-refractivity contribution in [2.45, 2.75) is 6.18 Å². The molecule has 0 radical (unpaired) electrons. The number of primary amides is 1. The molecule has 0 saturated heterocycles. The van der Waals surface area contributed by atoms with E-state index in [9.17, 15) is 27.6 Å². The molecule has 3 amide bonds. The van der Waals surface area contributed by atoms with Crippen molar-refractivity contribution >= 4 is 35.0 Å². The molecule has 0 fully saturated rings. The van der Waals surface area contributed by atoms with E-state index in [0.717, 1.165) is 12.1 Å². The number of carbonyl (C=O) groups excluding carboxylic acids is 3. The van der Waals surface area contributed by atoms with E-state index in [1.165, 1.54) is 42.2 Å². The van der Waals surface area contributed by atoms with Crippen molar-refractivity contribution in [2.75, 3.05) is 12.4 Å². The number of rotatable bonds is 5. The molecule has 4 N–H and O–H groups in total. The average Bonchev–Trinajstić information content (AvgIpc) is 3.18. The average molecular weight is 466 g/mol. The second kappa shape index (κ2) is 8.71. The van der Waals surface area contributed by atoms with Crippen LogP contribution >= 0.6 is 11.6 Å². The number of alkyl halides is 3. The van der Waals surface area contributed by atoms with Crippen molar-refractivity contribution < 1.29 is 27.6 Å². The third-order valence-electron chi connectivity index (χ3n) is 4.38. The molecule has 0 aliphatic carbocycles. The van der Waals surface area contributed by atoms with Crippen molar-refractivity contribution in [3.05, 3.63) is 76.3 Å². The van der Waals surface area contributed by atoms with Gasteiger partial charge in [-0.05, 0) is 42.5 Å². The number of hydrogen-bond donors (Lipinski definition) is 3. The third kappa shape index (κ3) is 4.57. The molecule has 1 aromatic heterocycles. The summed E-state index contributed by atoms with van der Waals surface area (Å²) in [7, 11) is 1.38. The van der Waals surface area contributed by atoms with E-state index in [1.807, 2.05) is 0 Å². The van der Waals surface area contributed by atoms with Gasteiger partial charge in [0.25, 0.3) is 17.7 Å². The van der Waals surface area contributed by atoms with Gasteiger partial charge in [-0.2, -0.15) is 13.2 Å². The van der Waals surface area contributed by atoms with Crippen molar-refractivity contribution in [1.82, 2.24) is 14.9 Å². The number of aromatic nitrogens is 2. The van der Waals surface area contributed by atoms with E-state index in [-0.39, 0.29) is 27.7 Å². The molecular weight excluding hydrogens is 451 g/mol. The van der Waals surface area contributed by atoms with Crippen LogP contribution in [0.2, 0.25) is 5.02 Å². The van der Waals surface area contributed by atoms with Crippen LogP contribution in [-0.2, 0) is 6.18 Å². The second-order valence-corrected chi connectivity index (χ2v) is 6.86. The maximum Gasteiger partial charge on any atom is 0.416 e. The normalized spacial score (nSPS) is 11.2. The lowest BCUT2D eigenvalue weighted by Gasteiger charge is -2.12. The molecule has 0 spiro atoms. The Morgan fingerprint density at radius 2 is 1.72 bits per heavy atom. The van der Waals surface area contributed by atoms with Crippen LogP contribution in [-0.4, -0.2) is 34.3 Å². The zero-order valence-corrected chi connectivity index (χ0v) is 17.1. The Labute approximate surface area is 184 Å². The van der Waals surface area contributed by atoms with E-state index in [2.05, 4.69) is 15.6 Å². The van der Waals surface area contributed by atoms with Crippen LogP contribution in [0, 0.1) is 0 Å². The summed E-state index contributed by atoms with van der Waals surface area (Å²) in [5, 5.41) is 4.67. The molecule has 2 aromatic carbocycles. The monoisotopic (exact) mass is 465 g/mol. The summed E-state index contributed by atoms with van der Waals surface area (Å²) < 4.78 is 40.1. The minimum absolute atomic E-state index is 0.140. The Hall–Kier alpha value is -3.86. The number of nitrogens with two attached hydrogens (primary N) is 1. The fourth-order valence-electron chi connectivity index (χ4n) is 2.84. The lowest BCUT2D eigenvalue weighted by atomic mass is 10.1. The van der Waals surface area contributed by atoms with Crippen LogP contribution in [0.15, 0.2) is 48.8 Å². The molecule has 0 aliphatic heterocycles. The fourth-order valence-corrected chi connectivity index (χ4v) is 3.05. The maximum atomic E-state index is 12.9. The number of halogens is 4. The third-order valence-corrected chi connectivity index (χ3v) is 4.71. The van der Waals surface area contributed by atoms with E-state index >= 15 is 0 Å². The highest BCUT2D eigenvalue weighted by Gasteiger charge is 2.31. The molecule has 0 aliphatic rings. The summed E-state index contributed by atoms with van der Waals surface area (Å²) in [4.78, 5) is 40.1. The van der Waals surface area contributed by atoms with Gasteiger partial charge in [-0.3, -0.25) is 19.0 Å². The summed E-state index contributed by atoms with van der Waals surface area (Å²) in [5.41, 5.74) is 4.38. The van der Waals surface area contributed by atoms with Crippen molar-refractivity contribution in [1.29, 1.82) is 0 Å².